The number of nitrogens with one attached hydrogen (secondary N) is 1. The first kappa shape index (κ1) is 16.2. The smallest absolute Gasteiger partial charge is 0.303 e. The van der Waals surface area contributed by atoms with Crippen molar-refractivity contribution in [1.82, 2.24) is 10.3 Å². The van der Waals surface area contributed by atoms with Gasteiger partial charge in [0.2, 0.25) is 0 Å². The Kier molecular flexibility index (Phi) is 4.65. The minimum atomic E-state index is -0.883. The van der Waals surface area contributed by atoms with Crippen molar-refractivity contribution in [2.24, 2.45) is 0 Å². The number of rotatable bonds is 6. The maximum absolute atomic E-state index is 12.2. The molecule has 0 saturated carbocycles. The van der Waals surface area contributed by atoms with E-state index in [1.54, 1.807) is 19.2 Å². The van der Waals surface area contributed by atoms with Crippen LogP contribution in [0.5, 0.6) is 0 Å². The van der Waals surface area contributed by atoms with Crippen molar-refractivity contribution >= 4 is 23.2 Å². The summed E-state index contributed by atoms with van der Waals surface area (Å²) in [6.07, 6.45) is 0.351. The Balaban J connectivity index is 2.04. The Morgan fingerprint density at radius 3 is 2.73 bits per heavy atom. The van der Waals surface area contributed by atoms with Gasteiger partial charge < -0.3 is 14.8 Å². The number of carbonyl (C=O) groups excluding carboxylic acids is 1. The summed E-state index contributed by atoms with van der Waals surface area (Å²) in [5.74, 6) is 0.213. The van der Waals surface area contributed by atoms with Crippen LogP contribution in [-0.4, -0.2) is 27.5 Å². The molecule has 2 N–H and O–H groups in total. The third kappa shape index (κ3) is 4.17. The normalized spacial score (nSPS) is 11.4. The second-order valence-corrected chi connectivity index (χ2v) is 6.54. The van der Waals surface area contributed by atoms with Gasteiger partial charge >= 0.3 is 5.97 Å². The second-order valence-electron chi connectivity index (χ2n) is 5.68. The fourth-order valence-corrected chi connectivity index (χ4v) is 2.65. The van der Waals surface area contributed by atoms with Crippen LogP contribution in [0.1, 0.15) is 42.9 Å². The van der Waals surface area contributed by atoms with E-state index in [1.165, 1.54) is 11.3 Å². The molecule has 0 aliphatic heterocycles. The van der Waals surface area contributed by atoms with Crippen molar-refractivity contribution in [3.8, 4) is 10.8 Å². The highest BCUT2D eigenvalue weighted by atomic mass is 32.1. The number of carboxylic acid groups (broad SMARTS) is 1. The molecular weight excluding hydrogens is 304 g/mol. The van der Waals surface area contributed by atoms with Gasteiger partial charge in [0.25, 0.3) is 5.91 Å². The number of nitrogens with zero attached hydrogens (tertiary/aromatic N) is 1. The number of furan rings is 1. The SMILES string of the molecule is Cc1ccc(-c2nc(C(=O)NC(C)(C)CCC(=O)O)cs2)o1. The van der Waals surface area contributed by atoms with Gasteiger partial charge in [-0.2, -0.15) is 0 Å². The van der Waals surface area contributed by atoms with E-state index in [9.17, 15) is 9.59 Å². The van der Waals surface area contributed by atoms with E-state index in [2.05, 4.69) is 10.3 Å². The molecule has 0 aliphatic rings. The lowest BCUT2D eigenvalue weighted by Gasteiger charge is -2.25. The van der Waals surface area contributed by atoms with Crippen molar-refractivity contribution in [2.75, 3.05) is 0 Å². The summed E-state index contributed by atoms with van der Waals surface area (Å²) in [5, 5.41) is 13.8. The van der Waals surface area contributed by atoms with Crippen molar-refractivity contribution < 1.29 is 19.1 Å². The number of hydrogen-bond acceptors (Lipinski definition) is 5. The molecule has 0 radical (unpaired) electrons. The van der Waals surface area contributed by atoms with E-state index < -0.39 is 11.5 Å². The maximum atomic E-state index is 12.2. The zero-order valence-corrected chi connectivity index (χ0v) is 13.5. The molecule has 0 bridgehead atoms. The number of aliphatic carboxylic acids is 1. The van der Waals surface area contributed by atoms with Gasteiger partial charge in [-0.25, -0.2) is 4.98 Å². The predicted octanol–water partition coefficient (Wildman–Crippen LogP) is 3.08. The van der Waals surface area contributed by atoms with E-state index in [-0.39, 0.29) is 12.3 Å². The van der Waals surface area contributed by atoms with Crippen LogP contribution in [-0.2, 0) is 4.79 Å². The van der Waals surface area contributed by atoms with Gasteiger partial charge in [-0.3, -0.25) is 9.59 Å². The van der Waals surface area contributed by atoms with Crippen LogP contribution in [0.3, 0.4) is 0 Å². The molecule has 0 fully saturated rings. The number of aromatic nitrogens is 1. The number of carbonyl (C=O) groups is 2. The fraction of sp³-hybridized carbons (Fsp3) is 0.400. The van der Waals surface area contributed by atoms with Crippen LogP contribution in [0, 0.1) is 6.92 Å². The molecular formula is C15H18N2O4S. The van der Waals surface area contributed by atoms with E-state index in [4.69, 9.17) is 9.52 Å². The second kappa shape index (κ2) is 6.31. The topological polar surface area (TPSA) is 92.4 Å². The molecule has 0 saturated heterocycles. The highest BCUT2D eigenvalue weighted by Crippen LogP contribution is 2.25. The van der Waals surface area contributed by atoms with Crippen molar-refractivity contribution in [2.45, 2.75) is 39.2 Å². The van der Waals surface area contributed by atoms with E-state index in [0.717, 1.165) is 5.76 Å². The first-order valence-electron chi connectivity index (χ1n) is 6.83. The van der Waals surface area contributed by atoms with Gasteiger partial charge in [0.05, 0.1) is 0 Å². The van der Waals surface area contributed by atoms with Crippen LogP contribution in [0.2, 0.25) is 0 Å². The van der Waals surface area contributed by atoms with Crippen LogP contribution < -0.4 is 5.32 Å². The maximum Gasteiger partial charge on any atom is 0.303 e. The molecule has 118 valence electrons. The summed E-state index contributed by atoms with van der Waals surface area (Å²) < 4.78 is 5.48. The Labute approximate surface area is 132 Å². The minimum absolute atomic E-state index is 0.00126. The first-order valence-corrected chi connectivity index (χ1v) is 7.71. The molecule has 0 spiro atoms. The van der Waals surface area contributed by atoms with Gasteiger partial charge in [-0.05, 0) is 39.3 Å². The Morgan fingerprint density at radius 1 is 1.41 bits per heavy atom. The summed E-state index contributed by atoms with van der Waals surface area (Å²) >= 11 is 1.33. The lowest BCUT2D eigenvalue weighted by atomic mass is 9.98. The van der Waals surface area contributed by atoms with Gasteiger partial charge in [0.15, 0.2) is 10.8 Å². The van der Waals surface area contributed by atoms with Gasteiger partial charge in [0, 0.05) is 17.3 Å². The largest absolute Gasteiger partial charge is 0.481 e. The van der Waals surface area contributed by atoms with Crippen molar-refractivity contribution in [1.29, 1.82) is 0 Å². The number of carboxylic acids is 1. The highest BCUT2D eigenvalue weighted by Gasteiger charge is 2.23. The minimum Gasteiger partial charge on any atom is -0.481 e. The molecule has 22 heavy (non-hydrogen) atoms. The molecule has 2 aromatic rings. The molecule has 2 aromatic heterocycles. The molecule has 0 unspecified atom stereocenters. The zero-order valence-electron chi connectivity index (χ0n) is 12.7. The molecule has 2 heterocycles. The summed E-state index contributed by atoms with van der Waals surface area (Å²) in [4.78, 5) is 27.1. The molecule has 0 atom stereocenters. The molecule has 6 nitrogen and oxygen atoms in total. The third-order valence-electron chi connectivity index (χ3n) is 3.10. The molecule has 0 aliphatic carbocycles. The number of aryl methyl sites for hydroxylation is 1. The molecule has 0 aromatic carbocycles. The monoisotopic (exact) mass is 322 g/mol. The van der Waals surface area contributed by atoms with Crippen LogP contribution in [0.4, 0.5) is 0 Å². The van der Waals surface area contributed by atoms with Gasteiger partial charge in [0.1, 0.15) is 11.5 Å². The molecule has 2 rings (SSSR count). The fourth-order valence-electron chi connectivity index (χ4n) is 1.89. The Morgan fingerprint density at radius 2 is 2.14 bits per heavy atom. The first-order chi connectivity index (χ1) is 10.3. The third-order valence-corrected chi connectivity index (χ3v) is 3.96. The summed E-state index contributed by atoms with van der Waals surface area (Å²) in [7, 11) is 0. The zero-order chi connectivity index (χ0) is 16.3. The van der Waals surface area contributed by atoms with Crippen LogP contribution in [0.15, 0.2) is 21.9 Å². The number of amides is 1. The van der Waals surface area contributed by atoms with Gasteiger partial charge in [-0.15, -0.1) is 11.3 Å². The number of hydrogen-bond donors (Lipinski definition) is 2. The summed E-state index contributed by atoms with van der Waals surface area (Å²) in [5.41, 5.74) is -0.307. The average molecular weight is 322 g/mol. The number of thiazole rings is 1. The van der Waals surface area contributed by atoms with Crippen molar-refractivity contribution in [3.63, 3.8) is 0 Å². The average Bonchev–Trinajstić information content (AvgIpc) is 3.04. The predicted molar refractivity (Wildman–Crippen MR) is 83.0 cm³/mol. The van der Waals surface area contributed by atoms with Crippen LogP contribution >= 0.6 is 11.3 Å². The van der Waals surface area contributed by atoms with E-state index >= 15 is 0 Å². The molecule has 7 heteroatoms. The van der Waals surface area contributed by atoms with Gasteiger partial charge in [-0.1, -0.05) is 0 Å². The van der Waals surface area contributed by atoms with E-state index in [0.29, 0.717) is 22.9 Å². The summed E-state index contributed by atoms with van der Waals surface area (Å²) in [6, 6.07) is 3.65. The van der Waals surface area contributed by atoms with Crippen molar-refractivity contribution in [3.05, 3.63) is 29.0 Å². The lowest BCUT2D eigenvalue weighted by molar-refractivity contribution is -0.137. The highest BCUT2D eigenvalue weighted by molar-refractivity contribution is 7.13. The lowest BCUT2D eigenvalue weighted by Crippen LogP contribution is -2.43. The summed E-state index contributed by atoms with van der Waals surface area (Å²) in [6.45, 7) is 5.42. The standard InChI is InChI=1S/C15H18N2O4S/c1-9-4-5-11(21-9)14-16-10(8-22-14)13(20)17-15(2,3)7-6-12(18)19/h4-5,8H,6-7H2,1-3H3,(H,17,20)(H,18,19). The quantitative estimate of drug-likeness (QED) is 0.852. The molecule has 1 amide bonds. The van der Waals surface area contributed by atoms with Crippen LogP contribution in [0.25, 0.3) is 10.8 Å². The Hall–Kier alpha value is -2.15. The Bertz CT molecular complexity index is 687. The van der Waals surface area contributed by atoms with E-state index in [1.807, 2.05) is 19.1 Å².